The van der Waals surface area contributed by atoms with Gasteiger partial charge in [0.15, 0.2) is 0 Å². The number of hydrogen-bond donors (Lipinski definition) is 2. The fourth-order valence-corrected chi connectivity index (χ4v) is 2.15. The summed E-state index contributed by atoms with van der Waals surface area (Å²) in [5.41, 5.74) is 5.93. The molecule has 0 saturated carbocycles. The molecule has 0 aromatic heterocycles. The number of rotatable bonds is 17. The second-order valence-corrected chi connectivity index (χ2v) is 5.65. The third-order valence-electron chi connectivity index (χ3n) is 3.54. The zero-order valence-electron chi connectivity index (χ0n) is 15.8. The van der Waals surface area contributed by atoms with Crippen LogP contribution < -0.4 is 11.1 Å². The molecule has 2 amide bonds. The lowest BCUT2D eigenvalue weighted by molar-refractivity contribution is -0.125. The van der Waals surface area contributed by atoms with Crippen molar-refractivity contribution in [1.29, 1.82) is 0 Å². The molecule has 3 N–H and O–H groups in total. The minimum absolute atomic E-state index is 0.108. The van der Waals surface area contributed by atoms with Crippen LogP contribution in [0.15, 0.2) is 24.4 Å². The number of allylic oxidation sites excluding steroid dienone is 1. The topological polar surface area (TPSA) is 112 Å². The third kappa shape index (κ3) is 11.5. The highest BCUT2D eigenvalue weighted by Gasteiger charge is 2.17. The first-order valence-electron chi connectivity index (χ1n) is 9.11. The lowest BCUT2D eigenvalue weighted by Gasteiger charge is -2.17. The summed E-state index contributed by atoms with van der Waals surface area (Å²) in [6.07, 6.45) is 3.38. The number of nitrogens with one attached hydrogen (secondary N) is 1. The number of nitrogens with zero attached hydrogens (tertiary/aromatic N) is 1. The van der Waals surface area contributed by atoms with Crippen LogP contribution in [-0.2, 0) is 28.5 Å². The number of nitrogens with two attached hydrogens (primary N) is 1. The van der Waals surface area contributed by atoms with Crippen molar-refractivity contribution < 1.29 is 28.5 Å². The van der Waals surface area contributed by atoms with E-state index in [-0.39, 0.29) is 18.2 Å². The van der Waals surface area contributed by atoms with E-state index < -0.39 is 0 Å². The smallest absolute Gasteiger partial charge is 0.251 e. The lowest BCUT2D eigenvalue weighted by Crippen LogP contribution is -2.35. The van der Waals surface area contributed by atoms with E-state index >= 15 is 0 Å². The highest BCUT2D eigenvalue weighted by molar-refractivity contribution is 5.93. The molecule has 9 heteroatoms. The number of ether oxygens (including phenoxy) is 4. The Morgan fingerprint density at radius 3 is 2.04 bits per heavy atom. The molecule has 0 spiro atoms. The largest absolute Gasteiger partial charge is 0.379 e. The first-order valence-corrected chi connectivity index (χ1v) is 9.11. The summed E-state index contributed by atoms with van der Waals surface area (Å²) in [6.45, 7) is 8.81. The molecule has 9 nitrogen and oxygen atoms in total. The quantitative estimate of drug-likeness (QED) is 0.323. The molecule has 0 aliphatic carbocycles. The van der Waals surface area contributed by atoms with Crippen LogP contribution in [0.5, 0.6) is 0 Å². The Bertz CT molecular complexity index is 466. The van der Waals surface area contributed by atoms with Crippen LogP contribution in [0.1, 0.15) is 6.42 Å². The molecule has 1 rings (SSSR count). The fraction of sp³-hybridized carbons (Fsp3) is 0.667. The Labute approximate surface area is 160 Å². The van der Waals surface area contributed by atoms with Crippen molar-refractivity contribution in [1.82, 2.24) is 10.2 Å². The maximum Gasteiger partial charge on any atom is 0.251 e. The van der Waals surface area contributed by atoms with Crippen LogP contribution in [-0.4, -0.2) is 89.2 Å². The second kappa shape index (κ2) is 15.3. The summed E-state index contributed by atoms with van der Waals surface area (Å²) in [5.74, 6) is -0.227. The molecule has 154 valence electrons. The van der Waals surface area contributed by atoms with Crippen LogP contribution in [0.2, 0.25) is 0 Å². The molecule has 27 heavy (non-hydrogen) atoms. The number of carbonyl (C=O) groups excluding carboxylic acids is 2. The lowest BCUT2D eigenvalue weighted by atomic mass is 10.4. The molecule has 0 atom stereocenters. The van der Waals surface area contributed by atoms with E-state index in [0.29, 0.717) is 78.2 Å². The molecule has 1 aliphatic heterocycles. The van der Waals surface area contributed by atoms with Gasteiger partial charge in [-0.2, -0.15) is 0 Å². The van der Waals surface area contributed by atoms with E-state index in [0.717, 1.165) is 0 Å². The minimum Gasteiger partial charge on any atom is -0.379 e. The summed E-state index contributed by atoms with van der Waals surface area (Å²) in [5, 5.41) is 2.75. The molecule has 0 bridgehead atoms. The van der Waals surface area contributed by atoms with Crippen molar-refractivity contribution in [2.75, 3.05) is 72.5 Å². The van der Waals surface area contributed by atoms with E-state index in [1.54, 1.807) is 6.08 Å². The van der Waals surface area contributed by atoms with Crippen LogP contribution in [0.4, 0.5) is 0 Å². The van der Waals surface area contributed by atoms with Crippen molar-refractivity contribution >= 4 is 11.8 Å². The number of amides is 2. The second-order valence-electron chi connectivity index (χ2n) is 5.65. The van der Waals surface area contributed by atoms with Crippen LogP contribution in [0, 0.1) is 0 Å². The number of hydrogen-bond acceptors (Lipinski definition) is 7. The maximum absolute atomic E-state index is 11.7. The van der Waals surface area contributed by atoms with Crippen molar-refractivity contribution in [2.24, 2.45) is 5.73 Å². The molecular weight excluding hydrogens is 354 g/mol. The van der Waals surface area contributed by atoms with Gasteiger partial charge in [-0.1, -0.05) is 6.58 Å². The Morgan fingerprint density at radius 2 is 1.52 bits per heavy atom. The van der Waals surface area contributed by atoms with Gasteiger partial charge in [0.1, 0.15) is 0 Å². The molecule has 0 fully saturated rings. The van der Waals surface area contributed by atoms with Crippen molar-refractivity contribution in [3.63, 3.8) is 0 Å². The molecule has 1 heterocycles. The zero-order chi connectivity index (χ0) is 19.7. The minimum atomic E-state index is -0.119. The van der Waals surface area contributed by atoms with E-state index in [1.165, 1.54) is 11.0 Å². The van der Waals surface area contributed by atoms with Crippen LogP contribution in [0.3, 0.4) is 0 Å². The first-order chi connectivity index (χ1) is 13.1. The Morgan fingerprint density at radius 1 is 0.963 bits per heavy atom. The van der Waals surface area contributed by atoms with Gasteiger partial charge in [0.05, 0.1) is 52.9 Å². The normalized spacial score (nSPS) is 13.6. The van der Waals surface area contributed by atoms with E-state index in [4.69, 9.17) is 24.7 Å². The van der Waals surface area contributed by atoms with Crippen molar-refractivity contribution in [3.05, 3.63) is 24.4 Å². The van der Waals surface area contributed by atoms with Crippen LogP contribution >= 0.6 is 0 Å². The molecule has 0 unspecified atom stereocenters. The standard InChI is InChI=1S/C18H31N3O6/c1-16-2-3-18(23)21(16)7-6-20-17(22)4-8-24-10-12-26-14-15-27-13-11-25-9-5-19/h2-3H,1,4-15,19H2,(H,20,22). The molecular formula is C18H31N3O6. The van der Waals surface area contributed by atoms with E-state index in [9.17, 15) is 9.59 Å². The summed E-state index contributed by atoms with van der Waals surface area (Å²) < 4.78 is 21.2. The van der Waals surface area contributed by atoms with Gasteiger partial charge < -0.3 is 34.9 Å². The molecule has 0 aromatic carbocycles. The Balaban J connectivity index is 1.82. The first kappa shape index (κ1) is 23.3. The zero-order valence-corrected chi connectivity index (χ0v) is 15.8. The van der Waals surface area contributed by atoms with Gasteiger partial charge in [0.2, 0.25) is 5.91 Å². The monoisotopic (exact) mass is 385 g/mol. The summed E-state index contributed by atoms with van der Waals surface area (Å²) in [7, 11) is 0. The molecule has 1 aliphatic rings. The van der Waals surface area contributed by atoms with Gasteiger partial charge in [0, 0.05) is 37.8 Å². The predicted molar refractivity (Wildman–Crippen MR) is 100.0 cm³/mol. The third-order valence-corrected chi connectivity index (χ3v) is 3.54. The number of carbonyl (C=O) groups is 2. The maximum atomic E-state index is 11.7. The predicted octanol–water partition coefficient (Wildman–Crippen LogP) is -0.570. The SMILES string of the molecule is C=C1C=CC(=O)N1CCNC(=O)CCOCCOCCOCCOCCN. The van der Waals surface area contributed by atoms with Crippen LogP contribution in [0.25, 0.3) is 0 Å². The molecule has 0 radical (unpaired) electrons. The summed E-state index contributed by atoms with van der Waals surface area (Å²) in [6, 6.07) is 0. The molecule has 0 saturated heterocycles. The summed E-state index contributed by atoms with van der Waals surface area (Å²) in [4.78, 5) is 24.7. The average Bonchev–Trinajstić information content (AvgIpc) is 2.97. The van der Waals surface area contributed by atoms with Crippen molar-refractivity contribution in [3.8, 4) is 0 Å². The van der Waals surface area contributed by atoms with Gasteiger partial charge in [-0.15, -0.1) is 0 Å². The van der Waals surface area contributed by atoms with E-state index in [1.807, 2.05) is 0 Å². The fourth-order valence-electron chi connectivity index (χ4n) is 2.15. The van der Waals surface area contributed by atoms with Gasteiger partial charge >= 0.3 is 0 Å². The van der Waals surface area contributed by atoms with Gasteiger partial charge in [0.25, 0.3) is 5.91 Å². The highest BCUT2D eigenvalue weighted by Crippen LogP contribution is 2.11. The average molecular weight is 385 g/mol. The Hall–Kier alpha value is -1.78. The van der Waals surface area contributed by atoms with E-state index in [2.05, 4.69) is 11.9 Å². The highest BCUT2D eigenvalue weighted by atomic mass is 16.6. The van der Waals surface area contributed by atoms with Gasteiger partial charge in [-0.05, 0) is 6.08 Å². The Kier molecular flexibility index (Phi) is 13.2. The van der Waals surface area contributed by atoms with Crippen molar-refractivity contribution in [2.45, 2.75) is 6.42 Å². The molecule has 0 aromatic rings. The van der Waals surface area contributed by atoms with Gasteiger partial charge in [-0.3, -0.25) is 9.59 Å². The summed E-state index contributed by atoms with van der Waals surface area (Å²) >= 11 is 0. The van der Waals surface area contributed by atoms with Gasteiger partial charge in [-0.25, -0.2) is 0 Å².